The van der Waals surface area contributed by atoms with Gasteiger partial charge in [-0.1, -0.05) is 49.1 Å². The maximum absolute atomic E-state index is 13.2. The first kappa shape index (κ1) is 16.5. The average molecular weight is 314 g/mol. The molecule has 1 amide bonds. The molecule has 0 radical (unpaired) electrons. The van der Waals surface area contributed by atoms with Crippen LogP contribution in [0, 0.1) is 6.92 Å². The number of nitrogens with one attached hydrogen (secondary N) is 1. The lowest BCUT2D eigenvalue weighted by atomic mass is 9.68. The molecule has 2 aliphatic rings. The van der Waals surface area contributed by atoms with Crippen LogP contribution in [0.25, 0.3) is 0 Å². The molecule has 126 valence electrons. The number of carbonyl (C=O) groups excluding carboxylic acids is 1. The first-order chi connectivity index (χ1) is 11.1. The fraction of sp³-hybridized carbons (Fsp3) is 0.650. The number of amides is 1. The summed E-state index contributed by atoms with van der Waals surface area (Å²) in [6, 6.07) is 9.19. The van der Waals surface area contributed by atoms with E-state index in [1.165, 1.54) is 17.5 Å². The molecule has 2 fully saturated rings. The van der Waals surface area contributed by atoms with Gasteiger partial charge in [0, 0.05) is 12.1 Å². The van der Waals surface area contributed by atoms with Crippen molar-refractivity contribution in [3.63, 3.8) is 0 Å². The van der Waals surface area contributed by atoms with Gasteiger partial charge in [0.2, 0.25) is 5.91 Å². The van der Waals surface area contributed by atoms with Crippen molar-refractivity contribution in [3.05, 3.63) is 35.4 Å². The lowest BCUT2D eigenvalue weighted by molar-refractivity contribution is -0.129. The van der Waals surface area contributed by atoms with E-state index in [1.54, 1.807) is 0 Å². The predicted molar refractivity (Wildman–Crippen MR) is 94.3 cm³/mol. The zero-order chi connectivity index (χ0) is 16.3. The summed E-state index contributed by atoms with van der Waals surface area (Å²) in [7, 11) is 0. The first-order valence-electron chi connectivity index (χ1n) is 9.24. The Kier molecular flexibility index (Phi) is 5.05. The molecule has 0 aliphatic heterocycles. The summed E-state index contributed by atoms with van der Waals surface area (Å²) in [5.74, 6) is 0.253. The third-order valence-corrected chi connectivity index (χ3v) is 5.82. The largest absolute Gasteiger partial charge is 0.353 e. The summed E-state index contributed by atoms with van der Waals surface area (Å²) in [5.41, 5.74) is 8.13. The topological polar surface area (TPSA) is 55.1 Å². The molecule has 2 aliphatic carbocycles. The van der Waals surface area contributed by atoms with E-state index in [0.717, 1.165) is 51.4 Å². The maximum Gasteiger partial charge on any atom is 0.230 e. The number of benzene rings is 1. The van der Waals surface area contributed by atoms with Crippen molar-refractivity contribution < 1.29 is 4.79 Å². The van der Waals surface area contributed by atoms with Crippen molar-refractivity contribution >= 4 is 5.91 Å². The normalized spacial score (nSPS) is 27.4. The Balaban J connectivity index is 1.79. The molecule has 1 aromatic carbocycles. The van der Waals surface area contributed by atoms with Crippen LogP contribution in [-0.4, -0.2) is 18.0 Å². The van der Waals surface area contributed by atoms with Gasteiger partial charge in [0.15, 0.2) is 0 Å². The fourth-order valence-electron chi connectivity index (χ4n) is 4.33. The molecule has 23 heavy (non-hydrogen) atoms. The number of hydrogen-bond acceptors (Lipinski definition) is 2. The van der Waals surface area contributed by atoms with Gasteiger partial charge in [-0.3, -0.25) is 4.79 Å². The van der Waals surface area contributed by atoms with Gasteiger partial charge in [-0.15, -0.1) is 0 Å². The summed E-state index contributed by atoms with van der Waals surface area (Å²) in [6.45, 7) is 2.11. The zero-order valence-corrected chi connectivity index (χ0v) is 14.3. The Labute approximate surface area is 140 Å². The molecule has 0 saturated heterocycles. The van der Waals surface area contributed by atoms with E-state index in [9.17, 15) is 4.79 Å². The van der Waals surface area contributed by atoms with E-state index in [1.807, 2.05) is 0 Å². The third-order valence-electron chi connectivity index (χ3n) is 5.82. The molecule has 3 rings (SSSR count). The molecule has 3 heteroatoms. The van der Waals surface area contributed by atoms with Crippen molar-refractivity contribution in [2.75, 3.05) is 0 Å². The van der Waals surface area contributed by atoms with Crippen molar-refractivity contribution in [1.29, 1.82) is 0 Å². The van der Waals surface area contributed by atoms with Gasteiger partial charge in [-0.2, -0.15) is 0 Å². The van der Waals surface area contributed by atoms with Crippen LogP contribution in [0.15, 0.2) is 24.3 Å². The zero-order valence-electron chi connectivity index (χ0n) is 14.3. The second-order valence-electron chi connectivity index (χ2n) is 7.60. The second kappa shape index (κ2) is 7.04. The van der Waals surface area contributed by atoms with Gasteiger partial charge in [0.25, 0.3) is 0 Å². The Morgan fingerprint density at radius 1 is 1.13 bits per heavy atom. The number of rotatable bonds is 3. The minimum absolute atomic E-state index is 0.253. The summed E-state index contributed by atoms with van der Waals surface area (Å²) in [5, 5.41) is 3.37. The van der Waals surface area contributed by atoms with Gasteiger partial charge >= 0.3 is 0 Å². The van der Waals surface area contributed by atoms with E-state index < -0.39 is 0 Å². The highest BCUT2D eigenvalue weighted by Gasteiger charge is 2.41. The minimum atomic E-state index is -0.316. The Morgan fingerprint density at radius 3 is 2.48 bits per heavy atom. The van der Waals surface area contributed by atoms with Gasteiger partial charge in [-0.25, -0.2) is 0 Å². The predicted octanol–water partition coefficient (Wildman–Crippen LogP) is 3.58. The van der Waals surface area contributed by atoms with E-state index >= 15 is 0 Å². The summed E-state index contributed by atoms with van der Waals surface area (Å²) < 4.78 is 0. The highest BCUT2D eigenvalue weighted by atomic mass is 16.2. The summed E-state index contributed by atoms with van der Waals surface area (Å²) >= 11 is 0. The molecule has 1 aromatic rings. The number of nitrogens with two attached hydrogens (primary N) is 1. The van der Waals surface area contributed by atoms with Gasteiger partial charge in [-0.05, 0) is 51.0 Å². The van der Waals surface area contributed by atoms with E-state index in [2.05, 4.69) is 36.5 Å². The van der Waals surface area contributed by atoms with Crippen molar-refractivity contribution in [3.8, 4) is 0 Å². The molecule has 0 unspecified atom stereocenters. The minimum Gasteiger partial charge on any atom is -0.353 e. The summed E-state index contributed by atoms with van der Waals surface area (Å²) in [6.07, 6.45) is 9.62. The molecule has 0 spiro atoms. The molecular weight excluding hydrogens is 284 g/mol. The van der Waals surface area contributed by atoms with Crippen LogP contribution in [0.5, 0.6) is 0 Å². The van der Waals surface area contributed by atoms with Crippen LogP contribution >= 0.6 is 0 Å². The van der Waals surface area contributed by atoms with Gasteiger partial charge in [0.1, 0.15) is 0 Å². The SMILES string of the molecule is Cc1cccc(C2(C(=O)NC3CCC(N)CC3)CCCCC2)c1. The highest BCUT2D eigenvalue weighted by molar-refractivity contribution is 5.88. The van der Waals surface area contributed by atoms with E-state index in [0.29, 0.717) is 12.1 Å². The van der Waals surface area contributed by atoms with Crippen LogP contribution in [0.1, 0.15) is 68.9 Å². The Hall–Kier alpha value is -1.35. The van der Waals surface area contributed by atoms with Crippen LogP contribution in [0.3, 0.4) is 0 Å². The Morgan fingerprint density at radius 2 is 1.83 bits per heavy atom. The van der Waals surface area contributed by atoms with Crippen molar-refractivity contribution in [2.45, 2.75) is 82.2 Å². The standard InChI is InChI=1S/C20H30N2O/c1-15-6-5-7-16(14-15)20(12-3-2-4-13-20)19(23)22-18-10-8-17(21)9-11-18/h5-7,14,17-18H,2-4,8-13,21H2,1H3,(H,22,23). The van der Waals surface area contributed by atoms with Crippen molar-refractivity contribution in [2.24, 2.45) is 5.73 Å². The smallest absolute Gasteiger partial charge is 0.230 e. The quantitative estimate of drug-likeness (QED) is 0.896. The van der Waals surface area contributed by atoms with Crippen LogP contribution in [-0.2, 0) is 10.2 Å². The van der Waals surface area contributed by atoms with E-state index in [4.69, 9.17) is 5.73 Å². The Bertz CT molecular complexity index is 540. The summed E-state index contributed by atoms with van der Waals surface area (Å²) in [4.78, 5) is 13.2. The van der Waals surface area contributed by atoms with Gasteiger partial charge < -0.3 is 11.1 Å². The van der Waals surface area contributed by atoms with Crippen molar-refractivity contribution in [1.82, 2.24) is 5.32 Å². The molecule has 0 atom stereocenters. The lowest BCUT2D eigenvalue weighted by Crippen LogP contribution is -2.50. The molecule has 0 bridgehead atoms. The first-order valence-corrected chi connectivity index (χ1v) is 9.24. The van der Waals surface area contributed by atoms with Gasteiger partial charge in [0.05, 0.1) is 5.41 Å². The molecular formula is C20H30N2O. The lowest BCUT2D eigenvalue weighted by Gasteiger charge is -2.38. The van der Waals surface area contributed by atoms with Crippen LogP contribution in [0.4, 0.5) is 0 Å². The number of carbonyl (C=O) groups is 1. The van der Waals surface area contributed by atoms with E-state index in [-0.39, 0.29) is 11.3 Å². The molecule has 0 aromatic heterocycles. The number of hydrogen-bond donors (Lipinski definition) is 2. The fourth-order valence-corrected chi connectivity index (χ4v) is 4.33. The molecule has 3 nitrogen and oxygen atoms in total. The molecule has 3 N–H and O–H groups in total. The maximum atomic E-state index is 13.2. The monoisotopic (exact) mass is 314 g/mol. The average Bonchev–Trinajstić information content (AvgIpc) is 2.57. The second-order valence-corrected chi connectivity index (χ2v) is 7.60. The third kappa shape index (κ3) is 3.60. The molecule has 0 heterocycles. The molecule has 2 saturated carbocycles. The van der Waals surface area contributed by atoms with Crippen LogP contribution < -0.4 is 11.1 Å². The van der Waals surface area contributed by atoms with Crippen LogP contribution in [0.2, 0.25) is 0 Å². The highest BCUT2D eigenvalue weighted by Crippen LogP contribution is 2.40. The number of aryl methyl sites for hydroxylation is 1.